The first-order chi connectivity index (χ1) is 10.7. The van der Waals surface area contributed by atoms with Crippen LogP contribution in [0.2, 0.25) is 0 Å². The lowest BCUT2D eigenvalue weighted by Crippen LogP contribution is -2.18. The third-order valence-electron chi connectivity index (χ3n) is 3.40. The zero-order valence-electron chi connectivity index (χ0n) is 12.7. The Morgan fingerprint density at radius 1 is 1.22 bits per heavy atom. The molecule has 0 aliphatic rings. The van der Waals surface area contributed by atoms with E-state index in [0.717, 1.165) is 5.56 Å². The molecule has 1 heterocycles. The number of nitrogens with one attached hydrogen (secondary N) is 1. The number of halogens is 3. The molecule has 4 nitrogen and oxygen atoms in total. The molecule has 1 N–H and O–H groups in total. The van der Waals surface area contributed by atoms with Crippen LogP contribution in [-0.4, -0.2) is 17.5 Å². The molecule has 0 amide bonds. The SMILES string of the molecule is CC(CNc1ccc(OC(F)(F)F)cc1)c1ccn(C)c(=O)c1. The standard InChI is InChI=1S/C16H17F3N2O2/c1-11(12-7-8-21(2)15(22)9-12)10-20-13-3-5-14(6-4-13)23-16(17,18)19/h3-9,11,20H,10H2,1-2H3. The fourth-order valence-electron chi connectivity index (χ4n) is 2.03. The number of pyridine rings is 1. The normalized spacial score (nSPS) is 12.7. The van der Waals surface area contributed by atoms with Crippen molar-refractivity contribution in [1.82, 2.24) is 4.57 Å². The fraction of sp³-hybridized carbons (Fsp3) is 0.312. The average molecular weight is 326 g/mol. The van der Waals surface area contributed by atoms with Crippen molar-refractivity contribution in [1.29, 1.82) is 0 Å². The summed E-state index contributed by atoms with van der Waals surface area (Å²) in [7, 11) is 1.68. The second-order valence-corrected chi connectivity index (χ2v) is 5.26. The summed E-state index contributed by atoms with van der Waals surface area (Å²) in [5, 5.41) is 3.12. The smallest absolute Gasteiger partial charge is 0.406 e. The lowest BCUT2D eigenvalue weighted by atomic mass is 10.0. The molecule has 0 radical (unpaired) electrons. The van der Waals surface area contributed by atoms with Gasteiger partial charge in [0, 0.05) is 31.5 Å². The van der Waals surface area contributed by atoms with Gasteiger partial charge in [0.05, 0.1) is 0 Å². The first-order valence-corrected chi connectivity index (χ1v) is 7.01. The van der Waals surface area contributed by atoms with Gasteiger partial charge < -0.3 is 14.6 Å². The summed E-state index contributed by atoms with van der Waals surface area (Å²) in [6, 6.07) is 8.97. The number of hydrogen-bond acceptors (Lipinski definition) is 3. The van der Waals surface area contributed by atoms with Gasteiger partial charge in [0.15, 0.2) is 0 Å². The van der Waals surface area contributed by atoms with E-state index in [9.17, 15) is 18.0 Å². The van der Waals surface area contributed by atoms with Gasteiger partial charge in [-0.05, 0) is 41.8 Å². The molecule has 2 aromatic rings. The number of ether oxygens (including phenoxy) is 1. The van der Waals surface area contributed by atoms with E-state index in [1.54, 1.807) is 19.3 Å². The zero-order valence-corrected chi connectivity index (χ0v) is 12.7. The third-order valence-corrected chi connectivity index (χ3v) is 3.40. The second kappa shape index (κ2) is 6.76. The molecule has 7 heteroatoms. The molecule has 0 fully saturated rings. The number of anilines is 1. The summed E-state index contributed by atoms with van der Waals surface area (Å²) < 4.78 is 41.5. The van der Waals surface area contributed by atoms with Crippen molar-refractivity contribution in [2.45, 2.75) is 19.2 Å². The van der Waals surface area contributed by atoms with Gasteiger partial charge in [-0.15, -0.1) is 13.2 Å². The van der Waals surface area contributed by atoms with Crippen LogP contribution in [-0.2, 0) is 7.05 Å². The van der Waals surface area contributed by atoms with Crippen molar-refractivity contribution in [3.8, 4) is 5.75 Å². The number of benzene rings is 1. The third kappa shape index (κ3) is 5.05. The van der Waals surface area contributed by atoms with Crippen molar-refractivity contribution >= 4 is 5.69 Å². The maximum absolute atomic E-state index is 12.1. The number of hydrogen-bond donors (Lipinski definition) is 1. The van der Waals surface area contributed by atoms with Crippen LogP contribution >= 0.6 is 0 Å². The minimum atomic E-state index is -4.69. The molecule has 2 rings (SSSR count). The monoisotopic (exact) mass is 326 g/mol. The summed E-state index contributed by atoms with van der Waals surface area (Å²) in [4.78, 5) is 11.6. The van der Waals surface area contributed by atoms with Crippen LogP contribution in [0.25, 0.3) is 0 Å². The molecule has 0 spiro atoms. The molecular formula is C16H17F3N2O2. The summed E-state index contributed by atoms with van der Waals surface area (Å²) >= 11 is 0. The van der Waals surface area contributed by atoms with Crippen molar-refractivity contribution in [2.75, 3.05) is 11.9 Å². The molecule has 1 aromatic carbocycles. The second-order valence-electron chi connectivity index (χ2n) is 5.26. The van der Waals surface area contributed by atoms with Crippen LogP contribution in [0.15, 0.2) is 47.4 Å². The Balaban J connectivity index is 1.95. The van der Waals surface area contributed by atoms with Crippen molar-refractivity contribution in [3.05, 3.63) is 58.5 Å². The van der Waals surface area contributed by atoms with Gasteiger partial charge in [0.1, 0.15) is 5.75 Å². The van der Waals surface area contributed by atoms with Crippen LogP contribution in [0.4, 0.5) is 18.9 Å². The summed E-state index contributed by atoms with van der Waals surface area (Å²) in [5.41, 5.74) is 1.50. The molecule has 23 heavy (non-hydrogen) atoms. The van der Waals surface area contributed by atoms with Gasteiger partial charge >= 0.3 is 6.36 Å². The molecule has 0 bridgehead atoms. The van der Waals surface area contributed by atoms with Crippen LogP contribution in [0.5, 0.6) is 5.75 Å². The van der Waals surface area contributed by atoms with E-state index in [4.69, 9.17) is 0 Å². The highest BCUT2D eigenvalue weighted by Gasteiger charge is 2.30. The number of nitrogens with zero attached hydrogens (tertiary/aromatic N) is 1. The molecule has 0 saturated carbocycles. The zero-order chi connectivity index (χ0) is 17.0. The minimum absolute atomic E-state index is 0.0787. The summed E-state index contributed by atoms with van der Waals surface area (Å²) in [6.45, 7) is 2.51. The van der Waals surface area contributed by atoms with Crippen LogP contribution < -0.4 is 15.6 Å². The highest BCUT2D eigenvalue weighted by atomic mass is 19.4. The van der Waals surface area contributed by atoms with Gasteiger partial charge in [-0.3, -0.25) is 4.79 Å². The Labute approximate surface area is 131 Å². The number of aromatic nitrogens is 1. The summed E-state index contributed by atoms with van der Waals surface area (Å²) in [5.74, 6) is -0.183. The first kappa shape index (κ1) is 16.9. The Hall–Kier alpha value is -2.44. The van der Waals surface area contributed by atoms with E-state index in [2.05, 4.69) is 10.1 Å². The van der Waals surface area contributed by atoms with E-state index in [1.165, 1.54) is 28.8 Å². The van der Waals surface area contributed by atoms with Gasteiger partial charge in [0.25, 0.3) is 5.56 Å². The predicted octanol–water partition coefficient (Wildman–Crippen LogP) is 3.50. The molecule has 124 valence electrons. The topological polar surface area (TPSA) is 43.3 Å². The Bertz CT molecular complexity index is 709. The van der Waals surface area contributed by atoms with Crippen LogP contribution in [0.1, 0.15) is 18.4 Å². The molecule has 1 atom stereocenters. The predicted molar refractivity (Wildman–Crippen MR) is 81.7 cm³/mol. The molecule has 0 aliphatic carbocycles. The maximum Gasteiger partial charge on any atom is 0.573 e. The first-order valence-electron chi connectivity index (χ1n) is 7.01. The van der Waals surface area contributed by atoms with E-state index in [1.807, 2.05) is 13.0 Å². The van der Waals surface area contributed by atoms with E-state index in [-0.39, 0.29) is 17.2 Å². The van der Waals surface area contributed by atoms with E-state index >= 15 is 0 Å². The minimum Gasteiger partial charge on any atom is -0.406 e. The van der Waals surface area contributed by atoms with Crippen LogP contribution in [0, 0.1) is 0 Å². The molecule has 0 aliphatic heterocycles. The van der Waals surface area contributed by atoms with Crippen molar-refractivity contribution < 1.29 is 17.9 Å². The number of alkyl halides is 3. The van der Waals surface area contributed by atoms with Crippen molar-refractivity contribution in [3.63, 3.8) is 0 Å². The largest absolute Gasteiger partial charge is 0.573 e. The van der Waals surface area contributed by atoms with E-state index in [0.29, 0.717) is 12.2 Å². The fourth-order valence-corrected chi connectivity index (χ4v) is 2.03. The lowest BCUT2D eigenvalue weighted by Gasteiger charge is -2.15. The van der Waals surface area contributed by atoms with Gasteiger partial charge in [-0.25, -0.2) is 0 Å². The Morgan fingerprint density at radius 2 is 1.87 bits per heavy atom. The number of aryl methyl sites for hydroxylation is 1. The number of rotatable bonds is 5. The van der Waals surface area contributed by atoms with Crippen LogP contribution in [0.3, 0.4) is 0 Å². The van der Waals surface area contributed by atoms with Crippen molar-refractivity contribution in [2.24, 2.45) is 7.05 Å². The molecule has 1 aromatic heterocycles. The highest BCUT2D eigenvalue weighted by molar-refractivity contribution is 5.46. The highest BCUT2D eigenvalue weighted by Crippen LogP contribution is 2.24. The van der Waals surface area contributed by atoms with Gasteiger partial charge in [-0.1, -0.05) is 6.92 Å². The Kier molecular flexibility index (Phi) is 4.98. The van der Waals surface area contributed by atoms with Gasteiger partial charge in [0.2, 0.25) is 0 Å². The van der Waals surface area contributed by atoms with Gasteiger partial charge in [-0.2, -0.15) is 0 Å². The average Bonchev–Trinajstić information content (AvgIpc) is 2.47. The quantitative estimate of drug-likeness (QED) is 0.914. The molecule has 1 unspecified atom stereocenters. The molecule has 0 saturated heterocycles. The van der Waals surface area contributed by atoms with E-state index < -0.39 is 6.36 Å². The summed E-state index contributed by atoms with van der Waals surface area (Å²) in [6.07, 6.45) is -2.99. The Morgan fingerprint density at radius 3 is 2.43 bits per heavy atom. The lowest BCUT2D eigenvalue weighted by molar-refractivity contribution is -0.274. The maximum atomic E-state index is 12.1. The molecular weight excluding hydrogens is 309 g/mol.